The van der Waals surface area contributed by atoms with E-state index in [1.807, 2.05) is 0 Å². The molecule has 0 atom stereocenters. The molecule has 0 unspecified atom stereocenters. The summed E-state index contributed by atoms with van der Waals surface area (Å²) >= 11 is 0. The third kappa shape index (κ3) is 4.58. The van der Waals surface area contributed by atoms with Gasteiger partial charge < -0.3 is 4.42 Å². The molecule has 4 aliphatic carbocycles. The lowest BCUT2D eigenvalue weighted by molar-refractivity contribution is 0.596. The SMILES string of the molecule is Cc1cc2c(c3ccccc13)-c1cc3c(cc1C2(C)C)-c1ccc(-c2ccc(-c4ccc5c(c4)C(C)(C)c4cc6c(cc4-5)C(C)(C)c4cc(C)c5ccccc5c4-6)o2)cc1C3(C)C. The van der Waals surface area contributed by atoms with Crippen LogP contribution >= 0.6 is 0 Å². The molecule has 8 aromatic carbocycles. The molecule has 1 heteroatoms. The number of furan rings is 1. The van der Waals surface area contributed by atoms with Crippen molar-refractivity contribution in [3.8, 4) is 67.2 Å². The van der Waals surface area contributed by atoms with E-state index in [0.717, 1.165) is 22.6 Å². The van der Waals surface area contributed by atoms with Crippen LogP contribution < -0.4 is 0 Å². The van der Waals surface area contributed by atoms with Crippen LogP contribution in [0.5, 0.6) is 0 Å². The van der Waals surface area contributed by atoms with Gasteiger partial charge in [0.05, 0.1) is 0 Å². The van der Waals surface area contributed by atoms with E-state index in [4.69, 9.17) is 4.42 Å². The van der Waals surface area contributed by atoms with Crippen LogP contribution in [0.4, 0.5) is 0 Å². The first-order valence-electron chi connectivity index (χ1n) is 22.9. The monoisotopic (exact) mass is 812 g/mol. The largest absolute Gasteiger partial charge is 0.456 e. The molecule has 63 heavy (non-hydrogen) atoms. The van der Waals surface area contributed by atoms with Crippen LogP contribution in [0, 0.1) is 13.8 Å². The first-order chi connectivity index (χ1) is 30.1. The van der Waals surface area contributed by atoms with Gasteiger partial charge in [0.15, 0.2) is 0 Å². The molecule has 0 amide bonds. The van der Waals surface area contributed by atoms with Crippen molar-refractivity contribution in [3.05, 3.63) is 189 Å². The van der Waals surface area contributed by atoms with Crippen molar-refractivity contribution in [1.29, 1.82) is 0 Å². The fourth-order valence-corrected chi connectivity index (χ4v) is 12.9. The average molecular weight is 813 g/mol. The molecule has 0 N–H and O–H groups in total. The van der Waals surface area contributed by atoms with E-state index in [0.29, 0.717) is 0 Å². The Morgan fingerprint density at radius 2 is 0.635 bits per heavy atom. The Morgan fingerprint density at radius 1 is 0.302 bits per heavy atom. The summed E-state index contributed by atoms with van der Waals surface area (Å²) in [7, 11) is 0. The van der Waals surface area contributed by atoms with Gasteiger partial charge in [-0.1, -0.05) is 140 Å². The van der Waals surface area contributed by atoms with E-state index >= 15 is 0 Å². The molecule has 13 rings (SSSR count). The summed E-state index contributed by atoms with van der Waals surface area (Å²) in [5.74, 6) is 1.81. The van der Waals surface area contributed by atoms with Crippen LogP contribution in [0.3, 0.4) is 0 Å². The minimum absolute atomic E-state index is 0.0841. The van der Waals surface area contributed by atoms with Gasteiger partial charge in [0.1, 0.15) is 11.5 Å². The molecular weight excluding hydrogens is 761 g/mol. The molecule has 0 saturated heterocycles. The van der Waals surface area contributed by atoms with E-state index in [1.54, 1.807) is 0 Å². The van der Waals surface area contributed by atoms with Crippen molar-refractivity contribution in [2.24, 2.45) is 0 Å². The second kappa shape index (κ2) is 11.8. The van der Waals surface area contributed by atoms with Crippen LogP contribution in [0.15, 0.2) is 138 Å². The van der Waals surface area contributed by atoms with Crippen molar-refractivity contribution >= 4 is 21.5 Å². The van der Waals surface area contributed by atoms with Gasteiger partial charge in [0.2, 0.25) is 0 Å². The zero-order valence-electron chi connectivity index (χ0n) is 38.1. The topological polar surface area (TPSA) is 13.1 Å². The zero-order chi connectivity index (χ0) is 43.3. The molecule has 0 radical (unpaired) electrons. The maximum absolute atomic E-state index is 6.83. The highest BCUT2D eigenvalue weighted by Crippen LogP contribution is 2.60. The summed E-state index contributed by atoms with van der Waals surface area (Å²) in [6.45, 7) is 23.8. The first kappa shape index (κ1) is 37.1. The van der Waals surface area contributed by atoms with Gasteiger partial charge >= 0.3 is 0 Å². The predicted octanol–water partition coefficient (Wildman–Crippen LogP) is 16.8. The summed E-state index contributed by atoms with van der Waals surface area (Å²) in [5.41, 5.74) is 26.7. The number of rotatable bonds is 2. The lowest BCUT2D eigenvalue weighted by Crippen LogP contribution is -2.17. The fraction of sp³-hybridized carbons (Fsp3) is 0.226. The molecule has 0 aliphatic heterocycles. The summed E-state index contributed by atoms with van der Waals surface area (Å²) in [6, 6.07) is 51.3. The summed E-state index contributed by atoms with van der Waals surface area (Å²) in [5, 5.41) is 5.42. The molecule has 1 nitrogen and oxygen atoms in total. The maximum Gasteiger partial charge on any atom is 0.134 e. The minimum atomic E-state index is -0.164. The molecule has 0 spiro atoms. The third-order valence-corrected chi connectivity index (χ3v) is 16.5. The Bertz CT molecular complexity index is 3340. The van der Waals surface area contributed by atoms with E-state index in [9.17, 15) is 0 Å². The van der Waals surface area contributed by atoms with E-state index in [1.165, 1.54) is 122 Å². The van der Waals surface area contributed by atoms with Crippen molar-refractivity contribution in [3.63, 3.8) is 0 Å². The number of aryl methyl sites for hydroxylation is 2. The number of fused-ring (bicyclic) bond motifs is 16. The first-order valence-corrected chi connectivity index (χ1v) is 22.9. The number of hydrogen-bond donors (Lipinski definition) is 0. The highest BCUT2D eigenvalue weighted by molar-refractivity contribution is 6.06. The highest BCUT2D eigenvalue weighted by Gasteiger charge is 2.44. The van der Waals surface area contributed by atoms with Crippen molar-refractivity contribution in [1.82, 2.24) is 0 Å². The van der Waals surface area contributed by atoms with Crippen LogP contribution in [-0.4, -0.2) is 0 Å². The van der Waals surface area contributed by atoms with Crippen molar-refractivity contribution in [2.75, 3.05) is 0 Å². The summed E-state index contributed by atoms with van der Waals surface area (Å²) in [4.78, 5) is 0. The molecule has 0 fully saturated rings. The smallest absolute Gasteiger partial charge is 0.134 e. The molecule has 4 aliphatic rings. The lowest BCUT2D eigenvalue weighted by Gasteiger charge is -2.24. The summed E-state index contributed by atoms with van der Waals surface area (Å²) in [6.07, 6.45) is 0. The van der Waals surface area contributed by atoms with Gasteiger partial charge in [-0.25, -0.2) is 0 Å². The van der Waals surface area contributed by atoms with Crippen molar-refractivity contribution in [2.45, 2.75) is 90.9 Å². The number of hydrogen-bond acceptors (Lipinski definition) is 1. The van der Waals surface area contributed by atoms with Crippen LogP contribution in [-0.2, 0) is 21.7 Å². The van der Waals surface area contributed by atoms with Gasteiger partial charge in [-0.05, 0) is 184 Å². The predicted molar refractivity (Wildman–Crippen MR) is 264 cm³/mol. The Labute approximate surface area is 371 Å². The fourth-order valence-electron chi connectivity index (χ4n) is 12.9. The second-order valence-corrected chi connectivity index (χ2v) is 21.4. The van der Waals surface area contributed by atoms with E-state index in [-0.39, 0.29) is 21.7 Å². The molecule has 306 valence electrons. The van der Waals surface area contributed by atoms with Crippen LogP contribution in [0.25, 0.3) is 88.7 Å². The minimum Gasteiger partial charge on any atom is -0.456 e. The Morgan fingerprint density at radius 3 is 1.05 bits per heavy atom. The lowest BCUT2D eigenvalue weighted by atomic mass is 9.79. The standard InChI is InChI=1S/C62H52O/c1-33-25-53-57(41-17-13-11-15-37(33)41)45-31-49-43(29-51(45)61(53,7)8)39-21-19-35(27-47(39)59(49,3)4)55-23-24-56(63-55)36-20-22-40-44-30-52-46(32-50(44)60(5,6)48(40)28-36)58-42-18-14-12-16-38(42)34(2)26-54(58)62(52,9)10/h11-32H,1-10H3. The molecule has 0 saturated carbocycles. The molecule has 1 aromatic heterocycles. The van der Waals surface area contributed by atoms with Gasteiger partial charge in [0, 0.05) is 32.8 Å². The van der Waals surface area contributed by atoms with Crippen LogP contribution in [0.2, 0.25) is 0 Å². The Balaban J connectivity index is 0.859. The third-order valence-electron chi connectivity index (χ3n) is 16.5. The summed E-state index contributed by atoms with van der Waals surface area (Å²) < 4.78 is 6.83. The highest BCUT2D eigenvalue weighted by atomic mass is 16.3. The van der Waals surface area contributed by atoms with Crippen LogP contribution in [0.1, 0.15) is 111 Å². The number of benzene rings is 8. The van der Waals surface area contributed by atoms with Gasteiger partial charge in [-0.15, -0.1) is 0 Å². The van der Waals surface area contributed by atoms with Gasteiger partial charge in [-0.2, -0.15) is 0 Å². The Hall–Kier alpha value is -6.44. The Kier molecular flexibility index (Phi) is 6.94. The molecule has 9 aromatic rings. The molecule has 0 bridgehead atoms. The molecular formula is C62H52O. The average Bonchev–Trinajstić information content (AvgIpc) is 4.01. The van der Waals surface area contributed by atoms with E-state index in [2.05, 4.69) is 203 Å². The molecule has 1 heterocycles. The van der Waals surface area contributed by atoms with Crippen molar-refractivity contribution < 1.29 is 4.42 Å². The quantitative estimate of drug-likeness (QED) is 0.169. The van der Waals surface area contributed by atoms with E-state index < -0.39 is 0 Å². The zero-order valence-corrected chi connectivity index (χ0v) is 38.1. The second-order valence-electron chi connectivity index (χ2n) is 21.4. The maximum atomic E-state index is 6.83. The normalized spacial score (nSPS) is 16.9. The van der Waals surface area contributed by atoms with Gasteiger partial charge in [-0.3, -0.25) is 0 Å². The van der Waals surface area contributed by atoms with Gasteiger partial charge in [0.25, 0.3) is 0 Å².